The number of alkyl halides is 3. The highest BCUT2D eigenvalue weighted by Gasteiger charge is 2.30. The maximum atomic E-state index is 13.0. The van der Waals surface area contributed by atoms with Gasteiger partial charge in [-0.1, -0.05) is 19.1 Å². The zero-order valence-electron chi connectivity index (χ0n) is 16.9. The lowest BCUT2D eigenvalue weighted by Crippen LogP contribution is -2.27. The molecule has 0 bridgehead atoms. The van der Waals surface area contributed by atoms with E-state index in [2.05, 4.69) is 10.4 Å². The molecule has 0 spiro atoms. The number of nitro benzene ring substituents is 1. The number of carbonyl (C=O) groups excluding carboxylic acids is 1. The molecule has 0 saturated heterocycles. The molecule has 3 aromatic rings. The van der Waals surface area contributed by atoms with Crippen molar-refractivity contribution in [3.8, 4) is 5.69 Å². The van der Waals surface area contributed by atoms with Crippen LogP contribution >= 0.6 is 0 Å². The molecule has 1 N–H and O–H groups in total. The molecule has 0 unspecified atom stereocenters. The molecule has 166 valence electrons. The number of nitro groups is 1. The third-order valence-corrected chi connectivity index (χ3v) is 4.66. The summed E-state index contributed by atoms with van der Waals surface area (Å²) in [6.07, 6.45) is -4.17. The van der Waals surface area contributed by atoms with Gasteiger partial charge in [-0.15, -0.1) is 0 Å². The number of halogens is 3. The van der Waals surface area contributed by atoms with E-state index in [1.165, 1.54) is 31.2 Å². The average molecular weight is 446 g/mol. The van der Waals surface area contributed by atoms with E-state index in [1.54, 1.807) is 6.92 Å². The van der Waals surface area contributed by atoms with E-state index in [0.717, 1.165) is 28.9 Å². The summed E-state index contributed by atoms with van der Waals surface area (Å²) in [6, 6.07) is 9.45. The number of anilines is 1. The topological polar surface area (TPSA) is 107 Å². The van der Waals surface area contributed by atoms with Gasteiger partial charge in [-0.05, 0) is 37.6 Å². The normalized spacial score (nSPS) is 11.3. The van der Waals surface area contributed by atoms with Crippen LogP contribution in [0.3, 0.4) is 0 Å². The molecule has 1 aromatic heterocycles. The molecule has 0 aliphatic carbocycles. The molecule has 11 heteroatoms. The van der Waals surface area contributed by atoms with Gasteiger partial charge >= 0.3 is 6.18 Å². The number of carbonyl (C=O) groups is 1. The van der Waals surface area contributed by atoms with E-state index >= 15 is 0 Å². The summed E-state index contributed by atoms with van der Waals surface area (Å²) in [5.41, 5.74) is -1.66. The summed E-state index contributed by atoms with van der Waals surface area (Å²) in [5.74, 6) is -0.950. The molecule has 32 heavy (non-hydrogen) atoms. The fraction of sp³-hybridized carbons (Fsp3) is 0.190. The van der Waals surface area contributed by atoms with Gasteiger partial charge < -0.3 is 5.32 Å². The number of nitrogens with zero attached hydrogens (tertiary/aromatic N) is 3. The van der Waals surface area contributed by atoms with Gasteiger partial charge in [0.05, 0.1) is 16.2 Å². The minimum atomic E-state index is -4.58. The lowest BCUT2D eigenvalue weighted by Gasteiger charge is -2.13. The van der Waals surface area contributed by atoms with Crippen LogP contribution in [0.5, 0.6) is 0 Å². The van der Waals surface area contributed by atoms with Gasteiger partial charge in [0.15, 0.2) is 5.69 Å². The highest BCUT2D eigenvalue weighted by Crippen LogP contribution is 2.30. The SMILES string of the molecule is CCc1ccc(NC(=O)c2nn(-c3cccc(C(F)(F)F)c3)c(C)cc2=O)cc1[N+](=O)[O-]. The third kappa shape index (κ3) is 4.66. The van der Waals surface area contributed by atoms with E-state index in [0.29, 0.717) is 12.0 Å². The Morgan fingerprint density at radius 2 is 1.91 bits per heavy atom. The van der Waals surface area contributed by atoms with Crippen LogP contribution in [0.15, 0.2) is 53.3 Å². The van der Waals surface area contributed by atoms with Gasteiger partial charge in [-0.2, -0.15) is 18.3 Å². The first-order valence-electron chi connectivity index (χ1n) is 9.38. The Balaban J connectivity index is 2.00. The molecule has 8 nitrogen and oxygen atoms in total. The van der Waals surface area contributed by atoms with E-state index < -0.39 is 33.7 Å². The second kappa shape index (κ2) is 8.61. The average Bonchev–Trinajstić information content (AvgIpc) is 2.73. The van der Waals surface area contributed by atoms with Crippen LogP contribution in [0.1, 0.15) is 34.2 Å². The van der Waals surface area contributed by atoms with Crippen LogP contribution in [-0.2, 0) is 12.6 Å². The van der Waals surface area contributed by atoms with Crippen LogP contribution in [0, 0.1) is 17.0 Å². The molecule has 0 aliphatic heterocycles. The molecule has 1 heterocycles. The summed E-state index contributed by atoms with van der Waals surface area (Å²) in [6.45, 7) is 3.20. The van der Waals surface area contributed by atoms with Crippen molar-refractivity contribution in [3.05, 3.63) is 91.4 Å². The van der Waals surface area contributed by atoms with Crippen molar-refractivity contribution in [2.24, 2.45) is 0 Å². The molecule has 1 amide bonds. The predicted molar refractivity (Wildman–Crippen MR) is 110 cm³/mol. The standard InChI is InChI=1S/C21H17F3N4O4/c1-3-13-7-8-15(11-17(13)28(31)32)25-20(30)19-18(29)9-12(2)27(26-19)16-6-4-5-14(10-16)21(22,23)24/h4-11H,3H2,1-2H3,(H,25,30). The van der Waals surface area contributed by atoms with Crippen molar-refractivity contribution in [1.82, 2.24) is 9.78 Å². The molecule has 3 rings (SSSR count). The van der Waals surface area contributed by atoms with Crippen LogP contribution in [-0.4, -0.2) is 20.6 Å². The van der Waals surface area contributed by atoms with E-state index in [4.69, 9.17) is 0 Å². The fourth-order valence-electron chi connectivity index (χ4n) is 3.08. The van der Waals surface area contributed by atoms with Crippen LogP contribution < -0.4 is 10.7 Å². The molecular formula is C21H17F3N4O4. The minimum Gasteiger partial charge on any atom is -0.320 e. The highest BCUT2D eigenvalue weighted by molar-refractivity contribution is 6.02. The Morgan fingerprint density at radius 3 is 2.53 bits per heavy atom. The smallest absolute Gasteiger partial charge is 0.320 e. The largest absolute Gasteiger partial charge is 0.416 e. The van der Waals surface area contributed by atoms with Crippen molar-refractivity contribution in [2.45, 2.75) is 26.4 Å². The van der Waals surface area contributed by atoms with Crippen molar-refractivity contribution in [1.29, 1.82) is 0 Å². The van der Waals surface area contributed by atoms with Gasteiger partial charge in [0.1, 0.15) is 0 Å². The first-order chi connectivity index (χ1) is 15.0. The molecule has 0 aliphatic rings. The Morgan fingerprint density at radius 1 is 1.19 bits per heavy atom. The van der Waals surface area contributed by atoms with Gasteiger partial charge in [-0.3, -0.25) is 19.7 Å². The number of benzene rings is 2. The second-order valence-corrected chi connectivity index (χ2v) is 6.87. The summed E-state index contributed by atoms with van der Waals surface area (Å²) in [5, 5.41) is 17.6. The maximum Gasteiger partial charge on any atom is 0.416 e. The van der Waals surface area contributed by atoms with Gasteiger partial charge in [0.2, 0.25) is 5.43 Å². The Bertz CT molecular complexity index is 1270. The zero-order valence-corrected chi connectivity index (χ0v) is 16.9. The first kappa shape index (κ1) is 22.7. The molecular weight excluding hydrogens is 429 g/mol. The van der Waals surface area contributed by atoms with Crippen LogP contribution in [0.25, 0.3) is 5.69 Å². The quantitative estimate of drug-likeness (QED) is 0.465. The van der Waals surface area contributed by atoms with Gasteiger partial charge in [-0.25, -0.2) is 4.68 Å². The van der Waals surface area contributed by atoms with Crippen LogP contribution in [0.2, 0.25) is 0 Å². The minimum absolute atomic E-state index is 0.00862. The van der Waals surface area contributed by atoms with Crippen molar-refractivity contribution in [2.75, 3.05) is 5.32 Å². The third-order valence-electron chi connectivity index (χ3n) is 4.66. The van der Waals surface area contributed by atoms with Crippen molar-refractivity contribution < 1.29 is 22.9 Å². The number of hydrogen-bond donors (Lipinski definition) is 1. The lowest BCUT2D eigenvalue weighted by molar-refractivity contribution is -0.385. The molecule has 0 saturated carbocycles. The lowest BCUT2D eigenvalue weighted by atomic mass is 10.1. The summed E-state index contributed by atoms with van der Waals surface area (Å²) in [7, 11) is 0. The second-order valence-electron chi connectivity index (χ2n) is 6.87. The summed E-state index contributed by atoms with van der Waals surface area (Å²) >= 11 is 0. The molecule has 0 fully saturated rings. The monoisotopic (exact) mass is 446 g/mol. The predicted octanol–water partition coefficient (Wildman–Crippen LogP) is 4.28. The molecule has 2 aromatic carbocycles. The number of aromatic nitrogens is 2. The summed E-state index contributed by atoms with van der Waals surface area (Å²) in [4.78, 5) is 35.6. The van der Waals surface area contributed by atoms with Gasteiger partial charge in [0, 0.05) is 29.1 Å². The van der Waals surface area contributed by atoms with Crippen molar-refractivity contribution in [3.63, 3.8) is 0 Å². The van der Waals surface area contributed by atoms with E-state index in [1.807, 2.05) is 0 Å². The van der Waals surface area contributed by atoms with E-state index in [9.17, 15) is 32.9 Å². The van der Waals surface area contributed by atoms with E-state index in [-0.39, 0.29) is 22.8 Å². The zero-order chi connectivity index (χ0) is 23.6. The Labute approximate surface area is 179 Å². The molecule has 0 atom stereocenters. The van der Waals surface area contributed by atoms with Crippen LogP contribution in [0.4, 0.5) is 24.5 Å². The number of hydrogen-bond acceptors (Lipinski definition) is 5. The number of nitrogens with one attached hydrogen (secondary N) is 1. The highest BCUT2D eigenvalue weighted by atomic mass is 19.4. The number of aryl methyl sites for hydroxylation is 2. The number of amides is 1. The summed E-state index contributed by atoms with van der Waals surface area (Å²) < 4.78 is 40.2. The fourth-order valence-corrected chi connectivity index (χ4v) is 3.08. The maximum absolute atomic E-state index is 13.0. The first-order valence-corrected chi connectivity index (χ1v) is 9.38. The van der Waals surface area contributed by atoms with Gasteiger partial charge in [0.25, 0.3) is 11.6 Å². The molecule has 0 radical (unpaired) electrons. The Hall–Kier alpha value is -4.02. The Kier molecular flexibility index (Phi) is 6.10. The van der Waals surface area contributed by atoms with Crippen molar-refractivity contribution >= 4 is 17.3 Å². The number of rotatable bonds is 5.